The summed E-state index contributed by atoms with van der Waals surface area (Å²) in [4.78, 5) is 12.8. The highest BCUT2D eigenvalue weighted by molar-refractivity contribution is 5.90. The molecular formula is C13H17F3N2O2. The first kappa shape index (κ1) is 16.3. The number of nitrogens with one attached hydrogen (secondary N) is 1. The lowest BCUT2D eigenvalue weighted by Crippen LogP contribution is -2.17. The lowest BCUT2D eigenvalue weighted by molar-refractivity contribution is -0.138. The van der Waals surface area contributed by atoms with Gasteiger partial charge in [0.1, 0.15) is 0 Å². The monoisotopic (exact) mass is 290 g/mol. The number of carboxylic acids is 1. The highest BCUT2D eigenvalue weighted by atomic mass is 19.4. The Morgan fingerprint density at radius 1 is 1.35 bits per heavy atom. The van der Waals surface area contributed by atoms with Crippen LogP contribution in [0.25, 0.3) is 0 Å². The molecule has 0 unspecified atom stereocenters. The molecule has 0 aromatic heterocycles. The Morgan fingerprint density at radius 2 is 2.00 bits per heavy atom. The zero-order valence-corrected chi connectivity index (χ0v) is 11.3. The highest BCUT2D eigenvalue weighted by Crippen LogP contribution is 2.33. The van der Waals surface area contributed by atoms with Crippen molar-refractivity contribution >= 4 is 11.7 Å². The molecular weight excluding hydrogens is 273 g/mol. The van der Waals surface area contributed by atoms with Crippen molar-refractivity contribution in [2.75, 3.05) is 32.5 Å². The first-order valence-electron chi connectivity index (χ1n) is 6.05. The van der Waals surface area contributed by atoms with Crippen LogP contribution in [0.5, 0.6) is 0 Å². The molecule has 0 heterocycles. The molecule has 0 aliphatic carbocycles. The van der Waals surface area contributed by atoms with Gasteiger partial charge in [0.15, 0.2) is 0 Å². The van der Waals surface area contributed by atoms with Gasteiger partial charge < -0.3 is 15.3 Å². The maximum atomic E-state index is 12.8. The zero-order chi connectivity index (χ0) is 15.3. The van der Waals surface area contributed by atoms with Gasteiger partial charge in [-0.15, -0.1) is 0 Å². The van der Waals surface area contributed by atoms with E-state index in [9.17, 15) is 18.0 Å². The minimum Gasteiger partial charge on any atom is -0.478 e. The minimum atomic E-state index is -4.69. The van der Waals surface area contributed by atoms with Crippen molar-refractivity contribution in [3.8, 4) is 0 Å². The van der Waals surface area contributed by atoms with Gasteiger partial charge in [-0.2, -0.15) is 13.2 Å². The Hall–Kier alpha value is -1.76. The fourth-order valence-electron chi connectivity index (χ4n) is 1.70. The maximum absolute atomic E-state index is 12.8. The van der Waals surface area contributed by atoms with Gasteiger partial charge in [0.05, 0.1) is 11.1 Å². The molecule has 1 aromatic rings. The predicted molar refractivity (Wildman–Crippen MR) is 70.1 cm³/mol. The zero-order valence-electron chi connectivity index (χ0n) is 11.3. The molecule has 0 radical (unpaired) electrons. The Kier molecular flexibility index (Phi) is 5.38. The number of anilines is 1. The number of aromatic carboxylic acids is 1. The number of nitrogens with zero attached hydrogens (tertiary/aromatic N) is 1. The van der Waals surface area contributed by atoms with E-state index in [4.69, 9.17) is 5.11 Å². The largest absolute Gasteiger partial charge is 0.478 e. The molecule has 0 aliphatic heterocycles. The molecule has 1 rings (SSSR count). The molecule has 0 fully saturated rings. The topological polar surface area (TPSA) is 52.6 Å². The van der Waals surface area contributed by atoms with Crippen LogP contribution in [0.4, 0.5) is 18.9 Å². The summed E-state index contributed by atoms with van der Waals surface area (Å²) in [6.45, 7) is 1.33. The lowest BCUT2D eigenvalue weighted by atomic mass is 10.1. The highest BCUT2D eigenvalue weighted by Gasteiger charge is 2.35. The molecule has 0 saturated heterocycles. The third-order valence-electron chi connectivity index (χ3n) is 2.67. The average Bonchev–Trinajstić information content (AvgIpc) is 2.33. The van der Waals surface area contributed by atoms with Gasteiger partial charge in [-0.05, 0) is 45.3 Å². The van der Waals surface area contributed by atoms with E-state index in [2.05, 4.69) is 5.32 Å². The second-order valence-electron chi connectivity index (χ2n) is 4.65. The van der Waals surface area contributed by atoms with Gasteiger partial charge in [0, 0.05) is 12.2 Å². The van der Waals surface area contributed by atoms with Crippen molar-refractivity contribution in [3.63, 3.8) is 0 Å². The molecule has 20 heavy (non-hydrogen) atoms. The van der Waals surface area contributed by atoms with Crippen molar-refractivity contribution in [2.45, 2.75) is 12.6 Å². The number of alkyl halides is 3. The summed E-state index contributed by atoms with van der Waals surface area (Å²) in [6, 6.07) is 3.15. The van der Waals surface area contributed by atoms with Gasteiger partial charge in [-0.25, -0.2) is 4.79 Å². The van der Waals surface area contributed by atoms with E-state index in [1.807, 2.05) is 19.0 Å². The summed E-state index contributed by atoms with van der Waals surface area (Å²) >= 11 is 0. The third kappa shape index (κ3) is 4.73. The van der Waals surface area contributed by atoms with Crippen LogP contribution < -0.4 is 5.32 Å². The van der Waals surface area contributed by atoms with Gasteiger partial charge in [0.2, 0.25) is 0 Å². The van der Waals surface area contributed by atoms with Crippen molar-refractivity contribution in [1.82, 2.24) is 4.90 Å². The van der Waals surface area contributed by atoms with Gasteiger partial charge in [-0.1, -0.05) is 0 Å². The summed E-state index contributed by atoms with van der Waals surface area (Å²) in [5.41, 5.74) is -1.61. The van der Waals surface area contributed by atoms with Crippen molar-refractivity contribution < 1.29 is 23.1 Å². The summed E-state index contributed by atoms with van der Waals surface area (Å²) in [5.74, 6) is -1.59. The minimum absolute atomic E-state index is 0.265. The number of hydrogen-bond donors (Lipinski definition) is 2. The van der Waals surface area contributed by atoms with Crippen LogP contribution in [0.1, 0.15) is 22.3 Å². The van der Waals surface area contributed by atoms with E-state index in [1.165, 1.54) is 6.07 Å². The first-order chi connectivity index (χ1) is 9.21. The molecule has 2 N–H and O–H groups in total. The summed E-state index contributed by atoms with van der Waals surface area (Å²) in [6.07, 6.45) is -3.91. The quantitative estimate of drug-likeness (QED) is 0.791. The Balaban J connectivity index is 2.83. The molecule has 4 nitrogen and oxygen atoms in total. The normalized spacial score (nSPS) is 11.7. The second kappa shape index (κ2) is 6.60. The average molecular weight is 290 g/mol. The van der Waals surface area contributed by atoms with Crippen LogP contribution >= 0.6 is 0 Å². The third-order valence-corrected chi connectivity index (χ3v) is 2.67. The van der Waals surface area contributed by atoms with Crippen LogP contribution in [0.2, 0.25) is 0 Å². The van der Waals surface area contributed by atoms with Crippen LogP contribution in [0, 0.1) is 0 Å². The van der Waals surface area contributed by atoms with E-state index in [-0.39, 0.29) is 5.69 Å². The van der Waals surface area contributed by atoms with Crippen molar-refractivity contribution in [1.29, 1.82) is 0 Å². The molecule has 1 aromatic carbocycles. The molecule has 0 saturated carbocycles. The van der Waals surface area contributed by atoms with Crippen LogP contribution in [0.3, 0.4) is 0 Å². The van der Waals surface area contributed by atoms with Crippen molar-refractivity contribution in [3.05, 3.63) is 29.3 Å². The van der Waals surface area contributed by atoms with E-state index in [1.54, 1.807) is 0 Å². The smallest absolute Gasteiger partial charge is 0.417 e. The Morgan fingerprint density at radius 3 is 2.50 bits per heavy atom. The van der Waals surface area contributed by atoms with E-state index >= 15 is 0 Å². The standard InChI is InChI=1S/C13H17F3N2O2/c1-18(2)7-3-6-17-9-4-5-10(12(19)20)11(8-9)13(14,15)16/h4-5,8,17H,3,6-7H2,1-2H3,(H,19,20). The van der Waals surface area contributed by atoms with Crippen molar-refractivity contribution in [2.24, 2.45) is 0 Å². The van der Waals surface area contributed by atoms with Crippen LogP contribution in [0.15, 0.2) is 18.2 Å². The van der Waals surface area contributed by atoms with Gasteiger partial charge >= 0.3 is 12.1 Å². The van der Waals surface area contributed by atoms with E-state index in [0.29, 0.717) is 6.54 Å². The summed E-state index contributed by atoms with van der Waals surface area (Å²) < 4.78 is 38.4. The second-order valence-corrected chi connectivity index (χ2v) is 4.65. The number of rotatable bonds is 6. The number of hydrogen-bond acceptors (Lipinski definition) is 3. The molecule has 0 aliphatic rings. The van der Waals surface area contributed by atoms with Crippen LogP contribution in [-0.4, -0.2) is 43.2 Å². The fourth-order valence-corrected chi connectivity index (χ4v) is 1.70. The predicted octanol–water partition coefficient (Wildman–Crippen LogP) is 2.77. The Labute approximate surface area is 115 Å². The van der Waals surface area contributed by atoms with E-state index < -0.39 is 23.3 Å². The molecule has 7 heteroatoms. The van der Waals surface area contributed by atoms with Crippen LogP contribution in [-0.2, 0) is 6.18 Å². The SMILES string of the molecule is CN(C)CCCNc1ccc(C(=O)O)c(C(F)(F)F)c1. The summed E-state index contributed by atoms with van der Waals surface area (Å²) in [7, 11) is 3.81. The van der Waals surface area contributed by atoms with Gasteiger partial charge in [-0.3, -0.25) is 0 Å². The molecule has 0 atom stereocenters. The van der Waals surface area contributed by atoms with Gasteiger partial charge in [0.25, 0.3) is 0 Å². The fraction of sp³-hybridized carbons (Fsp3) is 0.462. The maximum Gasteiger partial charge on any atom is 0.417 e. The molecule has 112 valence electrons. The number of benzene rings is 1. The summed E-state index contributed by atoms with van der Waals surface area (Å²) in [5, 5.41) is 11.6. The van der Waals surface area contributed by atoms with E-state index in [0.717, 1.165) is 25.1 Å². The molecule has 0 amide bonds. The molecule has 0 bridgehead atoms. The Bertz CT molecular complexity index is 473. The lowest BCUT2D eigenvalue weighted by Gasteiger charge is -2.14. The number of carbonyl (C=O) groups is 1. The first-order valence-corrected chi connectivity index (χ1v) is 6.05. The molecule has 0 spiro atoms. The number of halogens is 3. The number of carboxylic acid groups (broad SMARTS) is 1.